The van der Waals surface area contributed by atoms with E-state index in [4.69, 9.17) is 0 Å². The zero-order valence-corrected chi connectivity index (χ0v) is 18.3. The van der Waals surface area contributed by atoms with Crippen molar-refractivity contribution < 1.29 is 13.2 Å². The molecule has 0 unspecified atom stereocenters. The number of hydrogen-bond donors (Lipinski definition) is 1. The molecule has 3 heterocycles. The van der Waals surface area contributed by atoms with E-state index in [0.29, 0.717) is 30.3 Å². The van der Waals surface area contributed by atoms with Crippen LogP contribution in [0.25, 0.3) is 10.9 Å². The standard InChI is InChI=1S/C22H25N3O3S2/c26-20(23-13-11-18-7-4-6-17-8-5-12-24-22(17)18)16-19-9-10-21(29-19)30(27,28)25-14-2-1-3-15-25/h4-10,12H,1-3,11,13-16H2,(H,23,26). The van der Waals surface area contributed by atoms with Gasteiger partial charge in [-0.2, -0.15) is 4.31 Å². The highest BCUT2D eigenvalue weighted by molar-refractivity contribution is 7.91. The van der Waals surface area contributed by atoms with Crippen LogP contribution in [0.15, 0.2) is 52.9 Å². The maximum Gasteiger partial charge on any atom is 0.252 e. The highest BCUT2D eigenvalue weighted by Crippen LogP contribution is 2.27. The highest BCUT2D eigenvalue weighted by Gasteiger charge is 2.27. The summed E-state index contributed by atoms with van der Waals surface area (Å²) in [5, 5.41) is 4.02. The van der Waals surface area contributed by atoms with Crippen LogP contribution in [0.3, 0.4) is 0 Å². The fourth-order valence-corrected chi connectivity index (χ4v) is 6.78. The third-order valence-electron chi connectivity index (χ3n) is 5.31. The first-order valence-corrected chi connectivity index (χ1v) is 12.5. The van der Waals surface area contributed by atoms with Crippen LogP contribution < -0.4 is 5.32 Å². The number of benzene rings is 1. The molecule has 8 heteroatoms. The van der Waals surface area contributed by atoms with Gasteiger partial charge in [-0.15, -0.1) is 11.3 Å². The molecular weight excluding hydrogens is 418 g/mol. The Morgan fingerprint density at radius 2 is 1.87 bits per heavy atom. The number of thiophene rings is 1. The molecule has 1 fully saturated rings. The van der Waals surface area contributed by atoms with Gasteiger partial charge in [0.1, 0.15) is 4.21 Å². The second-order valence-corrected chi connectivity index (χ2v) is 10.8. The van der Waals surface area contributed by atoms with E-state index >= 15 is 0 Å². The van der Waals surface area contributed by atoms with Crippen LogP contribution in [0.2, 0.25) is 0 Å². The Kier molecular flexibility index (Phi) is 6.46. The van der Waals surface area contributed by atoms with Gasteiger partial charge < -0.3 is 5.32 Å². The molecule has 1 N–H and O–H groups in total. The van der Waals surface area contributed by atoms with Crippen LogP contribution in [0.1, 0.15) is 29.7 Å². The number of fused-ring (bicyclic) bond motifs is 1. The molecule has 1 aliphatic heterocycles. The molecule has 0 atom stereocenters. The Morgan fingerprint density at radius 3 is 2.70 bits per heavy atom. The number of nitrogens with zero attached hydrogens (tertiary/aromatic N) is 2. The van der Waals surface area contributed by atoms with Gasteiger partial charge in [0.25, 0.3) is 10.0 Å². The third kappa shape index (κ3) is 4.71. The van der Waals surface area contributed by atoms with Gasteiger partial charge in [-0.3, -0.25) is 9.78 Å². The predicted molar refractivity (Wildman–Crippen MR) is 119 cm³/mol. The van der Waals surface area contributed by atoms with E-state index in [-0.39, 0.29) is 12.3 Å². The lowest BCUT2D eigenvalue weighted by molar-refractivity contribution is -0.120. The monoisotopic (exact) mass is 443 g/mol. The van der Waals surface area contributed by atoms with Crippen molar-refractivity contribution >= 4 is 38.2 Å². The molecule has 2 aromatic heterocycles. The van der Waals surface area contributed by atoms with Crippen molar-refractivity contribution in [2.24, 2.45) is 0 Å². The molecule has 0 bridgehead atoms. The molecule has 0 aliphatic carbocycles. The topological polar surface area (TPSA) is 79.4 Å². The van der Waals surface area contributed by atoms with Gasteiger partial charge in [0.15, 0.2) is 0 Å². The number of para-hydroxylation sites is 1. The number of sulfonamides is 1. The normalized spacial score (nSPS) is 15.3. The molecule has 6 nitrogen and oxygen atoms in total. The van der Waals surface area contributed by atoms with Crippen molar-refractivity contribution in [3.8, 4) is 0 Å². The van der Waals surface area contributed by atoms with Crippen molar-refractivity contribution in [3.05, 3.63) is 59.1 Å². The first kappa shape index (κ1) is 21.0. The number of hydrogen-bond acceptors (Lipinski definition) is 5. The molecule has 1 saturated heterocycles. The summed E-state index contributed by atoms with van der Waals surface area (Å²) in [5.41, 5.74) is 2.06. The third-order valence-corrected chi connectivity index (χ3v) is 8.77. The van der Waals surface area contributed by atoms with Gasteiger partial charge in [-0.1, -0.05) is 30.7 Å². The maximum atomic E-state index is 12.8. The van der Waals surface area contributed by atoms with Gasteiger partial charge in [0.2, 0.25) is 5.91 Å². The van der Waals surface area contributed by atoms with Crippen molar-refractivity contribution in [1.82, 2.24) is 14.6 Å². The van der Waals surface area contributed by atoms with E-state index in [2.05, 4.69) is 10.3 Å². The van der Waals surface area contributed by atoms with Crippen LogP contribution in [0.5, 0.6) is 0 Å². The second-order valence-electron chi connectivity index (χ2n) is 7.45. The van der Waals surface area contributed by atoms with Crippen molar-refractivity contribution in [3.63, 3.8) is 0 Å². The average molecular weight is 444 g/mol. The van der Waals surface area contributed by atoms with Crippen molar-refractivity contribution in [2.45, 2.75) is 36.3 Å². The summed E-state index contributed by atoms with van der Waals surface area (Å²) in [6, 6.07) is 13.4. The largest absolute Gasteiger partial charge is 0.355 e. The molecule has 4 rings (SSSR count). The molecule has 3 aromatic rings. The van der Waals surface area contributed by atoms with Gasteiger partial charge in [-0.05, 0) is 43.0 Å². The molecule has 158 valence electrons. The van der Waals surface area contributed by atoms with Crippen LogP contribution in [-0.2, 0) is 27.7 Å². The summed E-state index contributed by atoms with van der Waals surface area (Å²) < 4.78 is 27.4. The first-order chi connectivity index (χ1) is 14.5. The number of aromatic nitrogens is 1. The molecule has 0 spiro atoms. The van der Waals surface area contributed by atoms with E-state index in [1.54, 1.807) is 22.6 Å². The molecule has 1 aliphatic rings. The van der Waals surface area contributed by atoms with E-state index in [1.165, 1.54) is 11.3 Å². The van der Waals surface area contributed by atoms with Crippen LogP contribution in [0, 0.1) is 0 Å². The zero-order chi connectivity index (χ0) is 21.0. The van der Waals surface area contributed by atoms with Gasteiger partial charge >= 0.3 is 0 Å². The van der Waals surface area contributed by atoms with Gasteiger partial charge in [-0.25, -0.2) is 8.42 Å². The number of nitrogens with one attached hydrogen (secondary N) is 1. The maximum absolute atomic E-state index is 12.8. The number of pyridine rings is 1. The summed E-state index contributed by atoms with van der Waals surface area (Å²) in [6.45, 7) is 1.68. The molecule has 0 radical (unpaired) electrons. The van der Waals surface area contributed by atoms with Crippen LogP contribution >= 0.6 is 11.3 Å². The Morgan fingerprint density at radius 1 is 1.07 bits per heavy atom. The zero-order valence-electron chi connectivity index (χ0n) is 16.7. The summed E-state index contributed by atoms with van der Waals surface area (Å²) in [4.78, 5) is 17.5. The van der Waals surface area contributed by atoms with Gasteiger partial charge in [0, 0.05) is 36.1 Å². The van der Waals surface area contributed by atoms with Gasteiger partial charge in [0.05, 0.1) is 11.9 Å². The van der Waals surface area contributed by atoms with Crippen molar-refractivity contribution in [1.29, 1.82) is 0 Å². The Hall–Kier alpha value is -2.29. The predicted octanol–water partition coefficient (Wildman–Crippen LogP) is 3.37. The Labute approximate surface area is 181 Å². The van der Waals surface area contributed by atoms with E-state index in [1.807, 2.05) is 30.3 Å². The quantitative estimate of drug-likeness (QED) is 0.607. The smallest absolute Gasteiger partial charge is 0.252 e. The lowest BCUT2D eigenvalue weighted by Crippen LogP contribution is -2.35. The molecule has 30 heavy (non-hydrogen) atoms. The lowest BCUT2D eigenvalue weighted by Gasteiger charge is -2.25. The summed E-state index contributed by atoms with van der Waals surface area (Å²) in [5.74, 6) is -0.105. The second kappa shape index (κ2) is 9.24. The fourth-order valence-electron chi connectivity index (χ4n) is 3.75. The van der Waals surface area contributed by atoms with E-state index < -0.39 is 10.0 Å². The highest BCUT2D eigenvalue weighted by atomic mass is 32.2. The first-order valence-electron chi connectivity index (χ1n) is 10.2. The minimum absolute atomic E-state index is 0.105. The summed E-state index contributed by atoms with van der Waals surface area (Å²) >= 11 is 1.19. The van der Waals surface area contributed by atoms with E-state index in [9.17, 15) is 13.2 Å². The minimum Gasteiger partial charge on any atom is -0.355 e. The van der Waals surface area contributed by atoms with Crippen LogP contribution in [-0.4, -0.2) is 43.2 Å². The number of piperidine rings is 1. The lowest BCUT2D eigenvalue weighted by atomic mass is 10.1. The number of rotatable bonds is 7. The minimum atomic E-state index is -3.44. The van der Waals surface area contributed by atoms with Crippen molar-refractivity contribution in [2.75, 3.05) is 19.6 Å². The molecular formula is C22H25N3O3S2. The van der Waals surface area contributed by atoms with E-state index in [0.717, 1.165) is 40.6 Å². The average Bonchev–Trinajstić information content (AvgIpc) is 3.24. The summed E-state index contributed by atoms with van der Waals surface area (Å²) in [7, 11) is -3.44. The number of carbonyl (C=O) groups excluding carboxylic acids is 1. The number of amides is 1. The fraction of sp³-hybridized carbons (Fsp3) is 0.364. The Bertz CT molecular complexity index is 1130. The summed E-state index contributed by atoms with van der Waals surface area (Å²) in [6.07, 6.45) is 5.55. The molecule has 1 aromatic carbocycles. The molecule has 1 amide bonds. The van der Waals surface area contributed by atoms with Crippen LogP contribution in [0.4, 0.5) is 0 Å². The SMILES string of the molecule is O=C(Cc1ccc(S(=O)(=O)N2CCCCC2)s1)NCCc1cccc2cccnc12. The molecule has 0 saturated carbocycles. The number of carbonyl (C=O) groups is 1. The Balaban J connectivity index is 1.32.